The van der Waals surface area contributed by atoms with Gasteiger partial charge in [-0.15, -0.1) is 0 Å². The van der Waals surface area contributed by atoms with Crippen molar-refractivity contribution in [3.63, 3.8) is 0 Å². The summed E-state index contributed by atoms with van der Waals surface area (Å²) in [6.07, 6.45) is -12.3. The third kappa shape index (κ3) is 2.76. The Bertz CT molecular complexity index is 402. The summed E-state index contributed by atoms with van der Waals surface area (Å²) in [7, 11) is 0. The molecule has 1 aromatic rings. The van der Waals surface area contributed by atoms with Gasteiger partial charge in [-0.05, 0) is 31.0 Å². The number of hydrogen-bond donors (Lipinski definition) is 0. The monoisotopic (exact) mass is 274 g/mol. The van der Waals surface area contributed by atoms with Crippen LogP contribution in [0.5, 0.6) is 0 Å². The summed E-state index contributed by atoms with van der Waals surface area (Å²) in [6.45, 7) is 0.0674. The topological polar surface area (TPSA) is 0 Å². The van der Waals surface area contributed by atoms with Crippen LogP contribution >= 0.6 is 0 Å². The maximum absolute atomic E-state index is 12.8. The van der Waals surface area contributed by atoms with Crippen molar-refractivity contribution in [1.82, 2.24) is 0 Å². The summed E-state index contributed by atoms with van der Waals surface area (Å²) in [4.78, 5) is 0. The highest BCUT2D eigenvalue weighted by molar-refractivity contribution is 5.19. The Morgan fingerprint density at radius 3 is 1.83 bits per heavy atom. The molecule has 0 fully saturated rings. The molecule has 0 aromatic heterocycles. The van der Waals surface area contributed by atoms with Gasteiger partial charge >= 0.3 is 12.4 Å². The third-order valence-corrected chi connectivity index (χ3v) is 2.70. The SMILES string of the molecule is CC(Cc1cccc(F)c1)(C(F)(F)F)C(F)(F)F. The van der Waals surface area contributed by atoms with Crippen LogP contribution in [0.2, 0.25) is 0 Å². The molecule has 0 nitrogen and oxygen atoms in total. The summed E-state index contributed by atoms with van der Waals surface area (Å²) in [5.74, 6) is -0.876. The van der Waals surface area contributed by atoms with Crippen LogP contribution in [-0.2, 0) is 6.42 Å². The second-order valence-electron chi connectivity index (χ2n) is 4.13. The molecule has 0 spiro atoms. The van der Waals surface area contributed by atoms with E-state index in [1.165, 1.54) is 0 Å². The smallest absolute Gasteiger partial charge is 0.207 e. The minimum atomic E-state index is -5.46. The van der Waals surface area contributed by atoms with Crippen molar-refractivity contribution in [2.75, 3.05) is 0 Å². The number of benzene rings is 1. The van der Waals surface area contributed by atoms with Crippen LogP contribution in [-0.4, -0.2) is 12.4 Å². The van der Waals surface area contributed by atoms with Gasteiger partial charge in [0.05, 0.1) is 0 Å². The Hall–Kier alpha value is -1.27. The van der Waals surface area contributed by atoms with Gasteiger partial charge in [0.15, 0.2) is 5.41 Å². The standard InChI is InChI=1S/C11H9F7/c1-9(10(13,14)15,11(16,17)18)6-7-3-2-4-8(12)5-7/h2-5H,6H2,1H3. The zero-order valence-corrected chi connectivity index (χ0v) is 9.16. The highest BCUT2D eigenvalue weighted by atomic mass is 19.4. The predicted octanol–water partition coefficient (Wildman–Crippen LogP) is 4.50. The van der Waals surface area contributed by atoms with Gasteiger partial charge in [-0.3, -0.25) is 0 Å². The van der Waals surface area contributed by atoms with Gasteiger partial charge < -0.3 is 0 Å². The summed E-state index contributed by atoms with van der Waals surface area (Å²) in [6, 6.07) is 3.70. The minimum Gasteiger partial charge on any atom is -0.207 e. The van der Waals surface area contributed by atoms with Gasteiger partial charge in [-0.2, -0.15) is 26.3 Å². The van der Waals surface area contributed by atoms with Crippen molar-refractivity contribution in [3.05, 3.63) is 35.6 Å². The first-order valence-corrected chi connectivity index (χ1v) is 4.85. The molecule has 0 unspecified atom stereocenters. The Morgan fingerprint density at radius 2 is 1.44 bits per heavy atom. The van der Waals surface area contributed by atoms with E-state index in [4.69, 9.17) is 0 Å². The molecule has 0 N–H and O–H groups in total. The van der Waals surface area contributed by atoms with Crippen LogP contribution < -0.4 is 0 Å². The molecule has 0 heterocycles. The van der Waals surface area contributed by atoms with E-state index in [0.717, 1.165) is 18.2 Å². The molecule has 0 atom stereocenters. The Labute approximate surface area is 98.4 Å². The third-order valence-electron chi connectivity index (χ3n) is 2.70. The van der Waals surface area contributed by atoms with E-state index in [-0.39, 0.29) is 12.5 Å². The van der Waals surface area contributed by atoms with Crippen molar-refractivity contribution in [1.29, 1.82) is 0 Å². The van der Waals surface area contributed by atoms with Crippen LogP contribution in [0.15, 0.2) is 24.3 Å². The number of halogens is 7. The van der Waals surface area contributed by atoms with Gasteiger partial charge in [0.2, 0.25) is 0 Å². The molecular formula is C11H9F7. The van der Waals surface area contributed by atoms with Crippen molar-refractivity contribution >= 4 is 0 Å². The molecule has 0 saturated heterocycles. The zero-order chi connectivity index (χ0) is 14.2. The van der Waals surface area contributed by atoms with Gasteiger partial charge in [-0.25, -0.2) is 4.39 Å². The maximum Gasteiger partial charge on any atom is 0.403 e. The number of hydrogen-bond acceptors (Lipinski definition) is 0. The van der Waals surface area contributed by atoms with Crippen LogP contribution in [0.25, 0.3) is 0 Å². The molecule has 0 saturated carbocycles. The van der Waals surface area contributed by atoms with Crippen LogP contribution in [0.1, 0.15) is 12.5 Å². The molecule has 102 valence electrons. The van der Waals surface area contributed by atoms with Crippen LogP contribution in [0.4, 0.5) is 30.7 Å². The van der Waals surface area contributed by atoms with Crippen molar-refractivity contribution in [2.45, 2.75) is 25.7 Å². The van der Waals surface area contributed by atoms with E-state index in [1.54, 1.807) is 0 Å². The van der Waals surface area contributed by atoms with E-state index in [0.29, 0.717) is 6.07 Å². The molecule has 0 amide bonds. The van der Waals surface area contributed by atoms with Gasteiger partial charge in [0, 0.05) is 0 Å². The lowest BCUT2D eigenvalue weighted by Crippen LogP contribution is -2.49. The van der Waals surface area contributed by atoms with E-state index < -0.39 is 30.0 Å². The van der Waals surface area contributed by atoms with Crippen molar-refractivity contribution in [2.24, 2.45) is 5.41 Å². The second kappa shape index (κ2) is 4.44. The number of alkyl halides is 6. The highest BCUT2D eigenvalue weighted by Crippen LogP contribution is 2.51. The molecular weight excluding hydrogens is 265 g/mol. The molecule has 0 aliphatic carbocycles. The van der Waals surface area contributed by atoms with Gasteiger partial charge in [0.1, 0.15) is 5.82 Å². The molecule has 18 heavy (non-hydrogen) atoms. The fraction of sp³-hybridized carbons (Fsp3) is 0.455. The Kier molecular flexibility index (Phi) is 3.65. The summed E-state index contributed by atoms with van der Waals surface area (Å²) in [5.41, 5.74) is -4.25. The molecule has 0 bridgehead atoms. The Balaban J connectivity index is 3.16. The number of rotatable bonds is 2. The van der Waals surface area contributed by atoms with E-state index >= 15 is 0 Å². The fourth-order valence-corrected chi connectivity index (χ4v) is 1.42. The quantitative estimate of drug-likeness (QED) is 0.696. The minimum absolute atomic E-state index is 0.0674. The normalized spacial score (nSPS) is 13.8. The first-order valence-electron chi connectivity index (χ1n) is 4.85. The molecule has 7 heteroatoms. The van der Waals surface area contributed by atoms with E-state index in [2.05, 4.69) is 0 Å². The Morgan fingerprint density at radius 1 is 0.944 bits per heavy atom. The van der Waals surface area contributed by atoms with Gasteiger partial charge in [0.25, 0.3) is 0 Å². The maximum atomic E-state index is 12.8. The molecule has 0 radical (unpaired) electrons. The van der Waals surface area contributed by atoms with Crippen molar-refractivity contribution in [3.8, 4) is 0 Å². The summed E-state index contributed by atoms with van der Waals surface area (Å²) >= 11 is 0. The lowest BCUT2D eigenvalue weighted by Gasteiger charge is -2.34. The van der Waals surface area contributed by atoms with Crippen LogP contribution in [0, 0.1) is 11.2 Å². The van der Waals surface area contributed by atoms with Crippen molar-refractivity contribution < 1.29 is 30.7 Å². The average molecular weight is 274 g/mol. The molecule has 1 rings (SSSR count). The first-order chi connectivity index (χ1) is 7.97. The van der Waals surface area contributed by atoms with Gasteiger partial charge in [-0.1, -0.05) is 12.1 Å². The fourth-order valence-electron chi connectivity index (χ4n) is 1.42. The molecule has 1 aromatic carbocycles. The first kappa shape index (κ1) is 14.8. The lowest BCUT2D eigenvalue weighted by molar-refractivity contribution is -0.334. The predicted molar refractivity (Wildman–Crippen MR) is 50.3 cm³/mol. The second-order valence-corrected chi connectivity index (χ2v) is 4.13. The average Bonchev–Trinajstić information content (AvgIpc) is 2.13. The highest BCUT2D eigenvalue weighted by Gasteiger charge is 2.67. The van der Waals surface area contributed by atoms with Crippen LogP contribution in [0.3, 0.4) is 0 Å². The lowest BCUT2D eigenvalue weighted by atomic mass is 9.82. The largest absolute Gasteiger partial charge is 0.403 e. The molecule has 0 aliphatic heterocycles. The summed E-state index contributed by atoms with van der Waals surface area (Å²) in [5, 5.41) is 0. The summed E-state index contributed by atoms with van der Waals surface area (Å²) < 4.78 is 88.2. The van der Waals surface area contributed by atoms with E-state index in [9.17, 15) is 30.7 Å². The van der Waals surface area contributed by atoms with E-state index in [1.807, 2.05) is 0 Å². The molecule has 0 aliphatic rings. The zero-order valence-electron chi connectivity index (χ0n) is 9.16.